The van der Waals surface area contributed by atoms with Crippen LogP contribution in [0.3, 0.4) is 0 Å². The zero-order valence-corrected chi connectivity index (χ0v) is 8.59. The lowest BCUT2D eigenvalue weighted by Crippen LogP contribution is -2.08. The predicted octanol–water partition coefficient (Wildman–Crippen LogP) is 3.03. The van der Waals surface area contributed by atoms with Gasteiger partial charge in [0.15, 0.2) is 0 Å². The van der Waals surface area contributed by atoms with Gasteiger partial charge in [-0.15, -0.1) is 11.3 Å². The molecule has 1 atom stereocenters. The van der Waals surface area contributed by atoms with Crippen molar-refractivity contribution in [1.29, 1.82) is 0 Å². The molecule has 0 bridgehead atoms. The Bertz CT molecular complexity index is 351. The van der Waals surface area contributed by atoms with E-state index in [2.05, 4.69) is 17.5 Å². The Morgan fingerprint density at radius 3 is 2.93 bits per heavy atom. The lowest BCUT2D eigenvalue weighted by molar-refractivity contribution is -0.132. The Kier molecular flexibility index (Phi) is 2.68. The average molecular weight is 208 g/mol. The van der Waals surface area contributed by atoms with Crippen LogP contribution in [0.1, 0.15) is 30.1 Å². The molecule has 2 rings (SSSR count). The van der Waals surface area contributed by atoms with Crippen LogP contribution >= 0.6 is 11.3 Å². The Balaban J connectivity index is 2.06. The highest BCUT2D eigenvalue weighted by Gasteiger charge is 2.19. The first-order valence-corrected chi connectivity index (χ1v) is 5.61. The molecule has 0 amide bonds. The third kappa shape index (κ3) is 1.87. The highest BCUT2D eigenvalue weighted by Crippen LogP contribution is 2.34. The second kappa shape index (κ2) is 3.96. The van der Waals surface area contributed by atoms with Gasteiger partial charge in [0, 0.05) is 10.5 Å². The molecule has 74 valence electrons. The Hall–Kier alpha value is -1.09. The minimum atomic E-state index is -0.755. The highest BCUT2D eigenvalue weighted by atomic mass is 32.1. The van der Waals surface area contributed by atoms with E-state index in [9.17, 15) is 4.79 Å². The van der Waals surface area contributed by atoms with Gasteiger partial charge in [-0.3, -0.25) is 0 Å². The fourth-order valence-corrected chi connectivity index (χ4v) is 2.69. The van der Waals surface area contributed by atoms with Crippen molar-refractivity contribution in [3.05, 3.63) is 34.0 Å². The van der Waals surface area contributed by atoms with E-state index < -0.39 is 5.97 Å². The number of allylic oxidation sites excluding steroid dienone is 1. The smallest absolute Gasteiger partial charge is 0.331 e. The minimum Gasteiger partial charge on any atom is -0.478 e. The number of hydrogen-bond donors (Lipinski definition) is 1. The number of carboxylic acids is 1. The van der Waals surface area contributed by atoms with Crippen LogP contribution in [0, 0.1) is 0 Å². The zero-order valence-electron chi connectivity index (χ0n) is 7.77. The maximum Gasteiger partial charge on any atom is 0.331 e. The van der Waals surface area contributed by atoms with Crippen molar-refractivity contribution in [2.45, 2.75) is 25.2 Å². The summed E-state index contributed by atoms with van der Waals surface area (Å²) in [7, 11) is 0. The number of thiophene rings is 1. The lowest BCUT2D eigenvalue weighted by atomic mass is 9.89. The van der Waals surface area contributed by atoms with Gasteiger partial charge in [0.05, 0.1) is 0 Å². The molecule has 1 aromatic heterocycles. The maximum absolute atomic E-state index is 10.7. The molecule has 1 aliphatic rings. The fraction of sp³-hybridized carbons (Fsp3) is 0.364. The van der Waals surface area contributed by atoms with Crippen LogP contribution in [0.4, 0.5) is 0 Å². The van der Waals surface area contributed by atoms with Gasteiger partial charge in [-0.1, -0.05) is 12.1 Å². The lowest BCUT2D eigenvalue weighted by Gasteiger charge is -2.18. The van der Waals surface area contributed by atoms with Gasteiger partial charge >= 0.3 is 5.97 Å². The van der Waals surface area contributed by atoms with Crippen molar-refractivity contribution in [3.8, 4) is 0 Å². The number of aliphatic carboxylic acids is 1. The van der Waals surface area contributed by atoms with E-state index in [4.69, 9.17) is 5.11 Å². The van der Waals surface area contributed by atoms with Crippen molar-refractivity contribution in [3.63, 3.8) is 0 Å². The summed E-state index contributed by atoms with van der Waals surface area (Å²) in [6.07, 6.45) is 4.43. The number of hydrogen-bond acceptors (Lipinski definition) is 2. The topological polar surface area (TPSA) is 37.3 Å². The summed E-state index contributed by atoms with van der Waals surface area (Å²) in [6, 6.07) is 4.19. The summed E-state index contributed by atoms with van der Waals surface area (Å²) in [6.45, 7) is 0. The second-order valence-electron chi connectivity index (χ2n) is 3.52. The van der Waals surface area contributed by atoms with Crippen LogP contribution in [-0.4, -0.2) is 11.1 Å². The van der Waals surface area contributed by atoms with E-state index in [-0.39, 0.29) is 0 Å². The summed E-state index contributed by atoms with van der Waals surface area (Å²) in [5.41, 5.74) is 0.581. The Labute approximate surface area is 86.9 Å². The molecule has 14 heavy (non-hydrogen) atoms. The van der Waals surface area contributed by atoms with E-state index in [1.807, 2.05) is 6.08 Å². The summed E-state index contributed by atoms with van der Waals surface area (Å²) < 4.78 is 0. The molecular weight excluding hydrogens is 196 g/mol. The first kappa shape index (κ1) is 9.46. The highest BCUT2D eigenvalue weighted by molar-refractivity contribution is 7.10. The summed E-state index contributed by atoms with van der Waals surface area (Å²) in [5.74, 6) is -0.215. The number of carbonyl (C=O) groups is 1. The standard InChI is InChI=1S/C11H12O2S/c12-11(13)9-5-3-8(4-6-9)10-2-1-7-14-10/h1-2,5,7-8H,3-4,6H2,(H,12,13). The maximum atomic E-state index is 10.7. The summed E-state index contributed by atoms with van der Waals surface area (Å²) in [5, 5.41) is 10.9. The normalized spacial score (nSPS) is 21.7. The number of rotatable bonds is 2. The SMILES string of the molecule is O=C(O)C1=CCC(c2cccs2)CC1. The molecule has 1 aliphatic carbocycles. The fourth-order valence-electron chi connectivity index (χ4n) is 1.81. The molecule has 0 aliphatic heterocycles. The predicted molar refractivity (Wildman–Crippen MR) is 56.6 cm³/mol. The molecule has 0 saturated heterocycles. The Morgan fingerprint density at radius 2 is 2.43 bits per heavy atom. The molecule has 0 radical (unpaired) electrons. The summed E-state index contributed by atoms with van der Waals surface area (Å²) >= 11 is 1.76. The average Bonchev–Trinajstić information content (AvgIpc) is 2.71. The van der Waals surface area contributed by atoms with Gasteiger partial charge in [0.25, 0.3) is 0 Å². The van der Waals surface area contributed by atoms with Crippen LogP contribution in [-0.2, 0) is 4.79 Å². The zero-order chi connectivity index (χ0) is 9.97. The molecule has 0 spiro atoms. The minimum absolute atomic E-state index is 0.540. The van der Waals surface area contributed by atoms with E-state index in [0.717, 1.165) is 12.8 Å². The van der Waals surface area contributed by atoms with Gasteiger partial charge < -0.3 is 5.11 Å². The van der Waals surface area contributed by atoms with Gasteiger partial charge in [-0.25, -0.2) is 4.79 Å². The van der Waals surface area contributed by atoms with E-state index >= 15 is 0 Å². The summed E-state index contributed by atoms with van der Waals surface area (Å²) in [4.78, 5) is 12.1. The van der Waals surface area contributed by atoms with Crippen LogP contribution < -0.4 is 0 Å². The van der Waals surface area contributed by atoms with Crippen LogP contribution in [0.25, 0.3) is 0 Å². The molecule has 1 aromatic rings. The van der Waals surface area contributed by atoms with E-state index in [1.54, 1.807) is 11.3 Å². The first-order valence-electron chi connectivity index (χ1n) is 4.73. The quantitative estimate of drug-likeness (QED) is 0.811. The van der Waals surface area contributed by atoms with E-state index in [0.29, 0.717) is 17.9 Å². The van der Waals surface area contributed by atoms with Crippen molar-refractivity contribution in [1.82, 2.24) is 0 Å². The molecule has 0 aromatic carbocycles. The molecule has 1 N–H and O–H groups in total. The van der Waals surface area contributed by atoms with Crippen LogP contribution in [0.15, 0.2) is 29.2 Å². The molecule has 1 heterocycles. The molecular formula is C11H12O2S. The van der Waals surface area contributed by atoms with Crippen LogP contribution in [0.2, 0.25) is 0 Å². The van der Waals surface area contributed by atoms with Crippen molar-refractivity contribution >= 4 is 17.3 Å². The van der Waals surface area contributed by atoms with Crippen LogP contribution in [0.5, 0.6) is 0 Å². The monoisotopic (exact) mass is 208 g/mol. The van der Waals surface area contributed by atoms with Gasteiger partial charge in [-0.2, -0.15) is 0 Å². The third-order valence-corrected chi connectivity index (χ3v) is 3.67. The third-order valence-electron chi connectivity index (χ3n) is 2.63. The van der Waals surface area contributed by atoms with Crippen molar-refractivity contribution < 1.29 is 9.90 Å². The second-order valence-corrected chi connectivity index (χ2v) is 4.50. The first-order chi connectivity index (χ1) is 6.77. The van der Waals surface area contributed by atoms with Crippen molar-refractivity contribution in [2.75, 3.05) is 0 Å². The molecule has 0 saturated carbocycles. The van der Waals surface area contributed by atoms with Crippen molar-refractivity contribution in [2.24, 2.45) is 0 Å². The Morgan fingerprint density at radius 1 is 1.57 bits per heavy atom. The van der Waals surface area contributed by atoms with Gasteiger partial charge in [-0.05, 0) is 36.6 Å². The van der Waals surface area contributed by atoms with Gasteiger partial charge in [0.1, 0.15) is 0 Å². The molecule has 1 unspecified atom stereocenters. The van der Waals surface area contributed by atoms with Gasteiger partial charge in [0.2, 0.25) is 0 Å². The number of carboxylic acid groups (broad SMARTS) is 1. The van der Waals surface area contributed by atoms with E-state index in [1.165, 1.54) is 4.88 Å². The molecule has 3 heteroatoms. The molecule has 2 nitrogen and oxygen atoms in total. The largest absolute Gasteiger partial charge is 0.478 e. The molecule has 0 fully saturated rings.